The van der Waals surface area contributed by atoms with Crippen LogP contribution < -0.4 is 16.9 Å². The van der Waals surface area contributed by atoms with Crippen LogP contribution >= 0.6 is 0 Å². The van der Waals surface area contributed by atoms with Crippen LogP contribution in [-0.2, 0) is 0 Å². The first-order valence-corrected chi connectivity index (χ1v) is 19.3. The molecule has 0 spiro atoms. The molecule has 0 bridgehead atoms. The topological polar surface area (TPSA) is 108 Å². The molecule has 8 nitrogen and oxygen atoms in total. The van der Waals surface area contributed by atoms with Crippen LogP contribution in [-0.4, -0.2) is 24.8 Å². The van der Waals surface area contributed by atoms with Crippen LogP contribution in [0.1, 0.15) is 58.8 Å². The zero-order valence-corrected chi connectivity index (χ0v) is 32.9. The minimum atomic E-state index is -0.539. The molecule has 0 radical (unpaired) electrons. The van der Waals surface area contributed by atoms with Gasteiger partial charge in [0.2, 0.25) is 0 Å². The number of nitrogens with zero attached hydrogens (tertiary/aromatic N) is 5. The number of benzene rings is 6. The molecular weight excluding hydrogens is 729 g/mol. The predicted octanol–water partition coefficient (Wildman–Crippen LogP) is 9.01. The van der Waals surface area contributed by atoms with Crippen LogP contribution in [0.25, 0.3) is 33.2 Å². The third-order valence-corrected chi connectivity index (χ3v) is 9.95. The second-order valence-electron chi connectivity index (χ2n) is 14.0. The summed E-state index contributed by atoms with van der Waals surface area (Å²) in [5, 5.41) is 1.20. The Balaban J connectivity index is 0.000000198. The Labute approximate surface area is 343 Å². The number of aryl methyl sites for hydroxylation is 2. The van der Waals surface area contributed by atoms with E-state index in [1.807, 2.05) is 172 Å². The molecule has 8 aromatic rings. The molecule has 2 atom stereocenters. The van der Waals surface area contributed by atoms with Gasteiger partial charge in [-0.25, -0.2) is 9.97 Å². The molecular formula is C51H42N6O2. The van der Waals surface area contributed by atoms with Crippen LogP contribution in [0.2, 0.25) is 0 Å². The summed E-state index contributed by atoms with van der Waals surface area (Å²) in [5.41, 5.74) is 13.2. The van der Waals surface area contributed by atoms with E-state index in [1.165, 1.54) is 0 Å². The van der Waals surface area contributed by atoms with Gasteiger partial charge in [-0.3, -0.25) is 23.7 Å². The van der Waals surface area contributed by atoms with Gasteiger partial charge in [0.1, 0.15) is 17.7 Å². The number of para-hydroxylation sites is 2. The monoisotopic (exact) mass is 770 g/mol. The third-order valence-electron chi connectivity index (χ3n) is 9.95. The molecule has 0 fully saturated rings. The Hall–Kier alpha value is -7.65. The van der Waals surface area contributed by atoms with Crippen molar-refractivity contribution >= 4 is 27.5 Å². The highest BCUT2D eigenvalue weighted by Gasteiger charge is 2.23. The average Bonchev–Trinajstić information content (AvgIpc) is 3.26. The standard InChI is InChI=1S/C32H25N3O.C19H17N3O/c1-3-14-28(33-30(24-16-7-4-8-17-24)25-18-9-5-10-19-25)31-34-27-22-13-15-23(2)29(27)32(36)35(31)26-20-11-6-12-21-26;1-3-8-15(20)18-21-16-12-7-9-13(2)17(16)19(23)22(18)14-10-5-4-6-11-14/h1,4-13,15-22,28H,14H2,2H3;1,4-7,9-12,15H,8,20H2,2H3. The van der Waals surface area contributed by atoms with Crippen LogP contribution in [0, 0.1) is 38.5 Å². The fourth-order valence-corrected chi connectivity index (χ4v) is 7.14. The lowest BCUT2D eigenvalue weighted by Gasteiger charge is -2.20. The zero-order valence-electron chi connectivity index (χ0n) is 32.9. The second-order valence-corrected chi connectivity index (χ2v) is 14.0. The van der Waals surface area contributed by atoms with E-state index in [2.05, 4.69) is 16.8 Å². The molecule has 59 heavy (non-hydrogen) atoms. The van der Waals surface area contributed by atoms with E-state index in [0.717, 1.165) is 39.3 Å². The van der Waals surface area contributed by atoms with Gasteiger partial charge in [-0.1, -0.05) is 121 Å². The minimum absolute atomic E-state index is 0.123. The third kappa shape index (κ3) is 8.40. The van der Waals surface area contributed by atoms with E-state index in [0.29, 0.717) is 46.3 Å². The molecule has 2 N–H and O–H groups in total. The zero-order chi connectivity index (χ0) is 41.3. The molecule has 0 saturated carbocycles. The average molecular weight is 771 g/mol. The first kappa shape index (κ1) is 39.6. The molecule has 8 rings (SSSR count). The van der Waals surface area contributed by atoms with Crippen molar-refractivity contribution in [3.05, 3.63) is 212 Å². The molecule has 2 unspecified atom stereocenters. The van der Waals surface area contributed by atoms with Crippen LogP contribution in [0.15, 0.2) is 172 Å². The number of aliphatic imine (C=N–C) groups is 1. The quantitative estimate of drug-likeness (QED) is 0.117. The number of rotatable bonds is 9. The molecule has 0 aliphatic heterocycles. The number of hydrogen-bond donors (Lipinski definition) is 1. The van der Waals surface area contributed by atoms with Gasteiger partial charge in [-0.05, 0) is 61.4 Å². The fraction of sp³-hybridized carbons (Fsp3) is 0.118. The van der Waals surface area contributed by atoms with Crippen molar-refractivity contribution in [2.45, 2.75) is 38.8 Å². The molecule has 2 aromatic heterocycles. The lowest BCUT2D eigenvalue weighted by molar-refractivity contribution is 0.658. The lowest BCUT2D eigenvalue weighted by Crippen LogP contribution is -2.28. The maximum Gasteiger partial charge on any atom is 0.266 e. The van der Waals surface area contributed by atoms with Gasteiger partial charge in [0.25, 0.3) is 11.1 Å². The maximum absolute atomic E-state index is 13.9. The van der Waals surface area contributed by atoms with E-state index in [9.17, 15) is 9.59 Å². The summed E-state index contributed by atoms with van der Waals surface area (Å²) < 4.78 is 3.23. The Morgan fingerprint density at radius 1 is 0.576 bits per heavy atom. The first-order valence-electron chi connectivity index (χ1n) is 19.3. The summed E-state index contributed by atoms with van der Waals surface area (Å²) >= 11 is 0. The SMILES string of the molecule is C#CCC(N)c1nc2cccc(C)c2c(=O)n1-c1ccccc1.C#CCC(N=C(c1ccccc1)c1ccccc1)c1nc2cccc(C)c2c(=O)n1-c1ccccc1. The van der Waals surface area contributed by atoms with Crippen LogP contribution in [0.5, 0.6) is 0 Å². The van der Waals surface area contributed by atoms with Crippen LogP contribution in [0.3, 0.4) is 0 Å². The van der Waals surface area contributed by atoms with Gasteiger partial charge in [-0.2, -0.15) is 0 Å². The molecule has 0 aliphatic carbocycles. The maximum atomic E-state index is 13.9. The summed E-state index contributed by atoms with van der Waals surface area (Å²) in [6.45, 7) is 3.84. The van der Waals surface area contributed by atoms with E-state index in [4.69, 9.17) is 28.6 Å². The largest absolute Gasteiger partial charge is 0.321 e. The Morgan fingerprint density at radius 2 is 0.983 bits per heavy atom. The summed E-state index contributed by atoms with van der Waals surface area (Å²) in [4.78, 5) is 41.8. The summed E-state index contributed by atoms with van der Waals surface area (Å²) in [6.07, 6.45) is 11.8. The highest BCUT2D eigenvalue weighted by molar-refractivity contribution is 6.13. The Morgan fingerprint density at radius 3 is 1.42 bits per heavy atom. The van der Waals surface area contributed by atoms with Crippen molar-refractivity contribution in [1.82, 2.24) is 19.1 Å². The number of fused-ring (bicyclic) bond motifs is 2. The summed E-state index contributed by atoms with van der Waals surface area (Å²) in [5.74, 6) is 6.32. The normalized spacial score (nSPS) is 11.7. The van der Waals surface area contributed by atoms with Crippen molar-refractivity contribution in [2.24, 2.45) is 10.7 Å². The van der Waals surface area contributed by atoms with Crippen LogP contribution in [0.4, 0.5) is 0 Å². The van der Waals surface area contributed by atoms with Gasteiger partial charge in [0.05, 0.1) is 44.9 Å². The van der Waals surface area contributed by atoms with Gasteiger partial charge >= 0.3 is 0 Å². The minimum Gasteiger partial charge on any atom is -0.321 e. The van der Waals surface area contributed by atoms with E-state index >= 15 is 0 Å². The molecule has 2 heterocycles. The van der Waals surface area contributed by atoms with Gasteiger partial charge in [0.15, 0.2) is 0 Å². The smallest absolute Gasteiger partial charge is 0.266 e. The Kier molecular flexibility index (Phi) is 12.1. The van der Waals surface area contributed by atoms with Crippen molar-refractivity contribution in [3.63, 3.8) is 0 Å². The molecule has 0 amide bonds. The van der Waals surface area contributed by atoms with Crippen molar-refractivity contribution in [1.29, 1.82) is 0 Å². The summed E-state index contributed by atoms with van der Waals surface area (Å²) in [7, 11) is 0. The van der Waals surface area contributed by atoms with E-state index in [1.54, 1.807) is 9.13 Å². The number of aromatic nitrogens is 4. The van der Waals surface area contributed by atoms with Crippen molar-refractivity contribution in [3.8, 4) is 36.1 Å². The highest BCUT2D eigenvalue weighted by Crippen LogP contribution is 2.27. The van der Waals surface area contributed by atoms with Gasteiger partial charge in [-0.15, -0.1) is 24.7 Å². The molecule has 8 heteroatoms. The molecule has 0 saturated heterocycles. The Bertz CT molecular complexity index is 2940. The molecule has 6 aromatic carbocycles. The first-order chi connectivity index (χ1) is 28.8. The van der Waals surface area contributed by atoms with Gasteiger partial charge in [0, 0.05) is 24.0 Å². The van der Waals surface area contributed by atoms with Crippen molar-refractivity contribution < 1.29 is 0 Å². The van der Waals surface area contributed by atoms with E-state index in [-0.39, 0.29) is 11.1 Å². The number of terminal acetylenes is 2. The fourth-order valence-electron chi connectivity index (χ4n) is 7.14. The number of nitrogens with two attached hydrogens (primary N) is 1. The van der Waals surface area contributed by atoms with E-state index < -0.39 is 12.1 Å². The number of hydrogen-bond acceptors (Lipinski definition) is 6. The highest BCUT2D eigenvalue weighted by atomic mass is 16.1. The van der Waals surface area contributed by atoms with Crippen molar-refractivity contribution in [2.75, 3.05) is 0 Å². The lowest BCUT2D eigenvalue weighted by atomic mass is 10.0. The second kappa shape index (κ2) is 18.1. The predicted molar refractivity (Wildman–Crippen MR) is 239 cm³/mol. The molecule has 288 valence electrons. The van der Waals surface area contributed by atoms with Gasteiger partial charge < -0.3 is 5.73 Å². The summed E-state index contributed by atoms with van der Waals surface area (Å²) in [6, 6.07) is 49.2. The molecule has 0 aliphatic rings.